The standard InChI is InChI=1S/C16H16O2.2C2H6/c1-3-5-9-13(4-2)15(17)12-16(18)14-10-7-6-8-11-14;2*1-2/h3-11H,1,12H2,2H3;2*1-2H3/b9-5-,13-4+;;. The minimum atomic E-state index is -0.176. The summed E-state index contributed by atoms with van der Waals surface area (Å²) in [5.41, 5.74) is 1.09. The van der Waals surface area contributed by atoms with Crippen molar-refractivity contribution in [3.8, 4) is 0 Å². The quantitative estimate of drug-likeness (QED) is 0.298. The zero-order valence-electron chi connectivity index (χ0n) is 14.4. The van der Waals surface area contributed by atoms with Gasteiger partial charge in [-0.25, -0.2) is 0 Å². The predicted molar refractivity (Wildman–Crippen MR) is 96.2 cm³/mol. The maximum absolute atomic E-state index is 11.9. The van der Waals surface area contributed by atoms with E-state index >= 15 is 0 Å². The Balaban J connectivity index is 0. The van der Waals surface area contributed by atoms with Gasteiger partial charge in [0.15, 0.2) is 11.6 Å². The van der Waals surface area contributed by atoms with Crippen LogP contribution in [-0.2, 0) is 4.79 Å². The largest absolute Gasteiger partial charge is 0.294 e. The molecule has 0 amide bonds. The minimum absolute atomic E-state index is 0.106. The van der Waals surface area contributed by atoms with Crippen LogP contribution in [-0.4, -0.2) is 11.6 Å². The molecular formula is C20H28O2. The highest BCUT2D eigenvalue weighted by molar-refractivity contribution is 6.14. The molecule has 0 atom stereocenters. The average Bonchev–Trinajstić information content (AvgIpc) is 2.60. The van der Waals surface area contributed by atoms with Crippen LogP contribution in [0.1, 0.15) is 51.4 Å². The Labute approximate surface area is 135 Å². The number of hydrogen-bond acceptors (Lipinski definition) is 2. The second-order valence-electron chi connectivity index (χ2n) is 3.73. The molecule has 0 aromatic heterocycles. The predicted octanol–water partition coefficient (Wildman–Crippen LogP) is 5.57. The van der Waals surface area contributed by atoms with Crippen molar-refractivity contribution < 1.29 is 9.59 Å². The van der Waals surface area contributed by atoms with Gasteiger partial charge in [-0.15, -0.1) is 0 Å². The van der Waals surface area contributed by atoms with Gasteiger partial charge in [0.2, 0.25) is 0 Å². The van der Waals surface area contributed by atoms with Gasteiger partial charge in [0.1, 0.15) is 0 Å². The van der Waals surface area contributed by atoms with Gasteiger partial charge in [0, 0.05) is 11.1 Å². The number of Topliss-reactive ketones (excluding diaryl/α,β-unsaturated/α-hetero) is 2. The first kappa shape index (κ1) is 22.1. The number of carbonyl (C=O) groups excluding carboxylic acids is 2. The molecule has 1 rings (SSSR count). The topological polar surface area (TPSA) is 34.1 Å². The summed E-state index contributed by atoms with van der Waals surface area (Å²) in [7, 11) is 0. The van der Waals surface area contributed by atoms with E-state index in [1.165, 1.54) is 0 Å². The molecule has 2 heteroatoms. The van der Waals surface area contributed by atoms with Crippen molar-refractivity contribution in [2.75, 3.05) is 0 Å². The van der Waals surface area contributed by atoms with Crippen LogP contribution in [0.15, 0.2) is 66.8 Å². The van der Waals surface area contributed by atoms with Crippen molar-refractivity contribution in [1.29, 1.82) is 0 Å². The number of benzene rings is 1. The maximum Gasteiger partial charge on any atom is 0.170 e. The van der Waals surface area contributed by atoms with Gasteiger partial charge >= 0.3 is 0 Å². The smallest absolute Gasteiger partial charge is 0.170 e. The van der Waals surface area contributed by atoms with Crippen molar-refractivity contribution in [1.82, 2.24) is 0 Å². The van der Waals surface area contributed by atoms with Crippen LogP contribution in [0.4, 0.5) is 0 Å². The third-order valence-electron chi connectivity index (χ3n) is 2.46. The molecule has 0 aliphatic carbocycles. The fourth-order valence-electron chi connectivity index (χ4n) is 1.50. The van der Waals surface area contributed by atoms with Gasteiger partial charge in [-0.2, -0.15) is 0 Å². The lowest BCUT2D eigenvalue weighted by Crippen LogP contribution is -2.09. The van der Waals surface area contributed by atoms with Gasteiger partial charge in [0.05, 0.1) is 6.42 Å². The molecule has 120 valence electrons. The molecule has 1 aromatic carbocycles. The molecule has 0 aliphatic rings. The van der Waals surface area contributed by atoms with Gasteiger partial charge in [-0.1, -0.05) is 88.9 Å². The molecule has 0 unspecified atom stereocenters. The molecule has 0 aliphatic heterocycles. The molecule has 0 spiro atoms. The zero-order valence-corrected chi connectivity index (χ0v) is 14.4. The summed E-state index contributed by atoms with van der Waals surface area (Å²) in [4.78, 5) is 23.7. The van der Waals surface area contributed by atoms with E-state index in [9.17, 15) is 9.59 Å². The monoisotopic (exact) mass is 300 g/mol. The highest BCUT2D eigenvalue weighted by Gasteiger charge is 2.13. The van der Waals surface area contributed by atoms with Crippen molar-refractivity contribution >= 4 is 11.6 Å². The molecule has 1 aromatic rings. The Bertz CT molecular complexity index is 494. The third-order valence-corrected chi connectivity index (χ3v) is 2.46. The maximum atomic E-state index is 11.9. The number of ketones is 2. The van der Waals surface area contributed by atoms with E-state index in [0.29, 0.717) is 11.1 Å². The van der Waals surface area contributed by atoms with Crippen LogP contribution >= 0.6 is 0 Å². The molecular weight excluding hydrogens is 272 g/mol. The second kappa shape index (κ2) is 15.2. The Morgan fingerprint density at radius 3 is 2.05 bits per heavy atom. The van der Waals surface area contributed by atoms with Crippen LogP contribution in [0.2, 0.25) is 0 Å². The van der Waals surface area contributed by atoms with Crippen LogP contribution < -0.4 is 0 Å². The highest BCUT2D eigenvalue weighted by atomic mass is 16.1. The van der Waals surface area contributed by atoms with Gasteiger partial charge < -0.3 is 0 Å². The number of allylic oxidation sites excluding steroid dienone is 5. The summed E-state index contributed by atoms with van der Waals surface area (Å²) < 4.78 is 0. The lowest BCUT2D eigenvalue weighted by atomic mass is 10.0. The Kier molecular flexibility index (Phi) is 15.2. The van der Waals surface area contributed by atoms with Crippen LogP contribution in [0, 0.1) is 0 Å². The molecule has 2 nitrogen and oxygen atoms in total. The summed E-state index contributed by atoms with van der Waals surface area (Å²) in [6, 6.07) is 8.83. The minimum Gasteiger partial charge on any atom is -0.294 e. The first-order valence-electron chi connectivity index (χ1n) is 7.76. The van der Waals surface area contributed by atoms with Crippen molar-refractivity contribution in [2.24, 2.45) is 0 Å². The van der Waals surface area contributed by atoms with Crippen molar-refractivity contribution in [2.45, 2.75) is 41.0 Å². The lowest BCUT2D eigenvalue weighted by molar-refractivity contribution is -0.114. The van der Waals surface area contributed by atoms with Crippen molar-refractivity contribution in [3.63, 3.8) is 0 Å². The van der Waals surface area contributed by atoms with Crippen LogP contribution in [0.3, 0.4) is 0 Å². The lowest BCUT2D eigenvalue weighted by Gasteiger charge is -2.01. The van der Waals surface area contributed by atoms with E-state index in [1.54, 1.807) is 55.5 Å². The summed E-state index contributed by atoms with van der Waals surface area (Å²) in [5, 5.41) is 0. The molecule has 0 N–H and O–H groups in total. The highest BCUT2D eigenvalue weighted by Crippen LogP contribution is 2.08. The van der Waals surface area contributed by atoms with E-state index in [2.05, 4.69) is 6.58 Å². The first-order chi connectivity index (χ1) is 10.7. The van der Waals surface area contributed by atoms with Crippen molar-refractivity contribution in [3.05, 3.63) is 72.4 Å². The van der Waals surface area contributed by atoms with E-state index < -0.39 is 0 Å². The Hall–Kier alpha value is -2.22. The molecule has 0 radical (unpaired) electrons. The SMILES string of the molecule is C=C/C=C\C(=C/C)C(=O)CC(=O)c1ccccc1.CC.CC. The first-order valence-corrected chi connectivity index (χ1v) is 7.76. The molecule has 22 heavy (non-hydrogen) atoms. The number of hydrogen-bond donors (Lipinski definition) is 0. The molecule has 0 saturated carbocycles. The Morgan fingerprint density at radius 2 is 1.59 bits per heavy atom. The average molecular weight is 300 g/mol. The van der Waals surface area contributed by atoms with E-state index in [4.69, 9.17) is 0 Å². The molecule has 0 fully saturated rings. The normalized spacial score (nSPS) is 9.95. The molecule has 0 heterocycles. The molecule has 0 saturated heterocycles. The Morgan fingerprint density at radius 1 is 1.05 bits per heavy atom. The van der Waals surface area contributed by atoms with Crippen LogP contribution in [0.5, 0.6) is 0 Å². The fraction of sp³-hybridized carbons (Fsp3) is 0.300. The summed E-state index contributed by atoms with van der Waals surface area (Å²) >= 11 is 0. The van der Waals surface area contributed by atoms with E-state index in [0.717, 1.165) is 0 Å². The van der Waals surface area contributed by atoms with E-state index in [1.807, 2.05) is 33.8 Å². The zero-order chi connectivity index (χ0) is 17.4. The summed E-state index contributed by atoms with van der Waals surface area (Å²) in [5.74, 6) is -0.337. The summed E-state index contributed by atoms with van der Waals surface area (Å²) in [6.45, 7) is 13.3. The number of rotatable bonds is 6. The summed E-state index contributed by atoms with van der Waals surface area (Å²) in [6.07, 6.45) is 6.52. The van der Waals surface area contributed by atoms with Gasteiger partial charge in [-0.05, 0) is 6.92 Å². The van der Waals surface area contributed by atoms with E-state index in [-0.39, 0.29) is 18.0 Å². The third kappa shape index (κ3) is 8.85. The number of carbonyl (C=O) groups is 2. The molecule has 0 bridgehead atoms. The fourth-order valence-corrected chi connectivity index (χ4v) is 1.50. The van der Waals surface area contributed by atoms with Gasteiger partial charge in [-0.3, -0.25) is 9.59 Å². The second-order valence-corrected chi connectivity index (χ2v) is 3.73. The van der Waals surface area contributed by atoms with Crippen LogP contribution in [0.25, 0.3) is 0 Å². The van der Waals surface area contributed by atoms with Gasteiger partial charge in [0.25, 0.3) is 0 Å².